The van der Waals surface area contributed by atoms with Crippen LogP contribution < -0.4 is 5.73 Å². The summed E-state index contributed by atoms with van der Waals surface area (Å²) in [5.74, 6) is -2.03. The number of halogens is 1. The topological polar surface area (TPSA) is 131 Å². The number of nitrogens with two attached hydrogens (primary N) is 1. The first-order valence-corrected chi connectivity index (χ1v) is 5.50. The highest BCUT2D eigenvalue weighted by molar-refractivity contribution is 5.90. The molecule has 1 unspecified atom stereocenters. The quantitative estimate of drug-likeness (QED) is 0.511. The molecule has 8 nitrogen and oxygen atoms in total. The van der Waals surface area contributed by atoms with Crippen molar-refractivity contribution in [3.63, 3.8) is 0 Å². The van der Waals surface area contributed by atoms with Gasteiger partial charge in [0.1, 0.15) is 17.8 Å². The van der Waals surface area contributed by atoms with E-state index in [1.165, 1.54) is 6.92 Å². The highest BCUT2D eigenvalue weighted by atomic mass is 19.1. The molecule has 106 valence electrons. The van der Waals surface area contributed by atoms with E-state index in [4.69, 9.17) is 15.6 Å². The number of hydrogen-bond donors (Lipinski definition) is 4. The lowest BCUT2D eigenvalue weighted by atomic mass is 9.97. The smallest absolute Gasteiger partial charge is 0.272 e. The molecule has 0 aromatic carbocycles. The molecule has 0 saturated carbocycles. The molecule has 2 heterocycles. The van der Waals surface area contributed by atoms with Crippen molar-refractivity contribution in [3.8, 4) is 0 Å². The molecule has 4 atom stereocenters. The molecule has 1 aromatic rings. The van der Waals surface area contributed by atoms with Gasteiger partial charge in [-0.25, -0.2) is 9.07 Å². The number of carbonyl (C=O) groups excluding carboxylic acids is 1. The standard InChI is InChI=1S/C10H14FN3O5/c1-10(18)7(16)5(3-15)19-9(10)14-2-4(11)6(13-14)8(12)17/h2,5,7,9,15-16,18H,3H2,1H3,(H2,12,17)/t5-,7?,9-,10+/m1/s1. The fourth-order valence-corrected chi connectivity index (χ4v) is 2.03. The zero-order valence-corrected chi connectivity index (χ0v) is 10.0. The molecule has 1 amide bonds. The van der Waals surface area contributed by atoms with E-state index in [9.17, 15) is 19.4 Å². The van der Waals surface area contributed by atoms with Crippen LogP contribution in [0.4, 0.5) is 4.39 Å². The van der Waals surface area contributed by atoms with Crippen molar-refractivity contribution in [3.05, 3.63) is 17.7 Å². The first kappa shape index (κ1) is 13.9. The zero-order valence-electron chi connectivity index (χ0n) is 10.0. The average Bonchev–Trinajstić information content (AvgIpc) is 2.80. The molecule has 1 aliphatic rings. The lowest BCUT2D eigenvalue weighted by molar-refractivity contribution is -0.102. The van der Waals surface area contributed by atoms with Crippen LogP contribution >= 0.6 is 0 Å². The summed E-state index contributed by atoms with van der Waals surface area (Å²) in [6, 6.07) is 0. The van der Waals surface area contributed by atoms with E-state index in [2.05, 4.69) is 5.10 Å². The lowest BCUT2D eigenvalue weighted by Crippen LogP contribution is -2.44. The Morgan fingerprint density at radius 1 is 1.74 bits per heavy atom. The highest BCUT2D eigenvalue weighted by Gasteiger charge is 2.53. The monoisotopic (exact) mass is 275 g/mol. The van der Waals surface area contributed by atoms with Crippen molar-refractivity contribution in [2.75, 3.05) is 6.61 Å². The number of rotatable bonds is 3. The Kier molecular flexibility index (Phi) is 3.31. The van der Waals surface area contributed by atoms with Gasteiger partial charge in [-0.1, -0.05) is 0 Å². The molecule has 0 spiro atoms. The zero-order chi connectivity index (χ0) is 14.4. The van der Waals surface area contributed by atoms with Crippen LogP contribution in [0.5, 0.6) is 0 Å². The molecule has 0 radical (unpaired) electrons. The van der Waals surface area contributed by atoms with Crippen LogP contribution in [0.3, 0.4) is 0 Å². The Balaban J connectivity index is 2.37. The number of ether oxygens (including phenoxy) is 1. The number of hydrogen-bond acceptors (Lipinski definition) is 6. The van der Waals surface area contributed by atoms with Gasteiger partial charge >= 0.3 is 0 Å². The maximum absolute atomic E-state index is 13.4. The molecule has 2 rings (SSSR count). The van der Waals surface area contributed by atoms with Gasteiger partial charge in [-0.3, -0.25) is 4.79 Å². The van der Waals surface area contributed by atoms with Gasteiger partial charge in [0.2, 0.25) is 0 Å². The van der Waals surface area contributed by atoms with Gasteiger partial charge in [0.25, 0.3) is 5.91 Å². The summed E-state index contributed by atoms with van der Waals surface area (Å²) in [6.45, 7) is 0.724. The van der Waals surface area contributed by atoms with Crippen molar-refractivity contribution in [2.24, 2.45) is 5.73 Å². The fraction of sp³-hybridized carbons (Fsp3) is 0.600. The third-order valence-corrected chi connectivity index (χ3v) is 3.10. The summed E-state index contributed by atoms with van der Waals surface area (Å²) in [6.07, 6.45) is -2.84. The Morgan fingerprint density at radius 3 is 2.79 bits per heavy atom. The Bertz CT molecular complexity index is 503. The van der Waals surface area contributed by atoms with E-state index < -0.39 is 48.1 Å². The van der Waals surface area contributed by atoms with Crippen LogP contribution in [-0.2, 0) is 4.74 Å². The minimum Gasteiger partial charge on any atom is -0.394 e. The van der Waals surface area contributed by atoms with Crippen LogP contribution in [0.1, 0.15) is 23.6 Å². The van der Waals surface area contributed by atoms with E-state index in [1.54, 1.807) is 0 Å². The third kappa shape index (κ3) is 2.10. The maximum Gasteiger partial charge on any atom is 0.272 e. The van der Waals surface area contributed by atoms with E-state index in [0.29, 0.717) is 0 Å². The van der Waals surface area contributed by atoms with Crippen LogP contribution in [0.2, 0.25) is 0 Å². The van der Waals surface area contributed by atoms with E-state index in [-0.39, 0.29) is 0 Å². The van der Waals surface area contributed by atoms with Gasteiger partial charge in [-0.15, -0.1) is 0 Å². The number of aliphatic hydroxyl groups is 3. The Labute approximate surface area is 107 Å². The molecule has 1 saturated heterocycles. The average molecular weight is 275 g/mol. The number of carbonyl (C=O) groups is 1. The molecule has 1 fully saturated rings. The summed E-state index contributed by atoms with van der Waals surface area (Å²) in [4.78, 5) is 10.9. The van der Waals surface area contributed by atoms with Gasteiger partial charge in [-0.2, -0.15) is 5.10 Å². The van der Waals surface area contributed by atoms with Crippen LogP contribution in [0.15, 0.2) is 6.20 Å². The summed E-state index contributed by atoms with van der Waals surface area (Å²) in [5.41, 5.74) is 2.53. The molecule has 0 bridgehead atoms. The minimum atomic E-state index is -1.80. The van der Waals surface area contributed by atoms with E-state index >= 15 is 0 Å². The Morgan fingerprint density at radius 2 is 2.37 bits per heavy atom. The van der Waals surface area contributed by atoms with E-state index in [1.807, 2.05) is 0 Å². The first-order chi connectivity index (χ1) is 8.78. The predicted molar refractivity (Wildman–Crippen MR) is 58.3 cm³/mol. The van der Waals surface area contributed by atoms with Crippen molar-refractivity contribution in [2.45, 2.75) is 31.0 Å². The molecular formula is C10H14FN3O5. The molecule has 1 aromatic heterocycles. The molecule has 9 heteroatoms. The maximum atomic E-state index is 13.4. The molecule has 1 aliphatic heterocycles. The summed E-state index contributed by atoms with van der Waals surface area (Å²) < 4.78 is 19.5. The van der Waals surface area contributed by atoms with Gasteiger partial charge in [0.05, 0.1) is 12.8 Å². The highest BCUT2D eigenvalue weighted by Crippen LogP contribution is 2.37. The van der Waals surface area contributed by atoms with Crippen molar-refractivity contribution in [1.29, 1.82) is 0 Å². The second kappa shape index (κ2) is 4.53. The van der Waals surface area contributed by atoms with Crippen molar-refractivity contribution < 1.29 is 29.2 Å². The van der Waals surface area contributed by atoms with Gasteiger partial charge in [0.15, 0.2) is 17.7 Å². The summed E-state index contributed by atoms with van der Waals surface area (Å²) in [7, 11) is 0. The van der Waals surface area contributed by atoms with Crippen LogP contribution in [0, 0.1) is 5.82 Å². The third-order valence-electron chi connectivity index (χ3n) is 3.10. The SMILES string of the molecule is C[C@]1(O)C(O)[C@@H](CO)O[C@H]1n1cc(F)c(C(N)=O)n1. The molecular weight excluding hydrogens is 261 g/mol. The molecule has 0 aliphatic carbocycles. The van der Waals surface area contributed by atoms with Crippen LogP contribution in [0.25, 0.3) is 0 Å². The van der Waals surface area contributed by atoms with Gasteiger partial charge in [-0.05, 0) is 6.92 Å². The largest absolute Gasteiger partial charge is 0.394 e. The Hall–Kier alpha value is -1.55. The van der Waals surface area contributed by atoms with Crippen molar-refractivity contribution in [1.82, 2.24) is 9.78 Å². The molecule has 19 heavy (non-hydrogen) atoms. The number of amides is 1. The molecule has 5 N–H and O–H groups in total. The normalized spacial score (nSPS) is 34.7. The number of aromatic nitrogens is 2. The van der Waals surface area contributed by atoms with E-state index in [0.717, 1.165) is 10.9 Å². The second-order valence-electron chi connectivity index (χ2n) is 4.55. The number of nitrogens with zero attached hydrogens (tertiary/aromatic N) is 2. The summed E-state index contributed by atoms with van der Waals surface area (Å²) >= 11 is 0. The van der Waals surface area contributed by atoms with Crippen LogP contribution in [-0.4, -0.2) is 55.4 Å². The first-order valence-electron chi connectivity index (χ1n) is 5.50. The summed E-state index contributed by atoms with van der Waals surface area (Å²) in [5, 5.41) is 32.5. The van der Waals surface area contributed by atoms with Gasteiger partial charge in [0, 0.05) is 0 Å². The predicted octanol–water partition coefficient (Wildman–Crippen LogP) is -1.88. The fourth-order valence-electron chi connectivity index (χ4n) is 2.03. The number of primary amides is 1. The van der Waals surface area contributed by atoms with Gasteiger partial charge < -0.3 is 25.8 Å². The number of aliphatic hydroxyl groups excluding tert-OH is 2. The minimum absolute atomic E-state index is 0.528. The lowest BCUT2D eigenvalue weighted by Gasteiger charge is -2.26. The van der Waals surface area contributed by atoms with Crippen molar-refractivity contribution >= 4 is 5.91 Å². The second-order valence-corrected chi connectivity index (χ2v) is 4.55.